The van der Waals surface area contributed by atoms with Gasteiger partial charge in [-0.25, -0.2) is 9.97 Å². The van der Waals surface area contributed by atoms with Crippen molar-refractivity contribution in [2.24, 2.45) is 34.6 Å². The molecule has 1 saturated heterocycles. The number of benzene rings is 2. The van der Waals surface area contributed by atoms with Crippen LogP contribution < -0.4 is 5.32 Å². The van der Waals surface area contributed by atoms with Crippen LogP contribution in [0.3, 0.4) is 0 Å². The number of thiazole rings is 1. The molecule has 8 rings (SSSR count). The van der Waals surface area contributed by atoms with E-state index >= 15 is 0 Å². The van der Waals surface area contributed by atoms with Gasteiger partial charge in [-0.15, -0.1) is 11.3 Å². The summed E-state index contributed by atoms with van der Waals surface area (Å²) in [7, 11) is 2.88. The zero-order valence-corrected chi connectivity index (χ0v) is 33.1. The standard InChI is InChI=1S/C44H50N6O5S/c1-26(54-2)34(23-39(51)55-3)44(53)50-19-4-5-37(50)42-48-25-36(49-42)30-12-10-28(11-13-30)27-6-8-29(9-7-27)33-22-35(47-24-33)40-31-14-15-32(21-31)41(40)43(52)46-17-16-38-45-18-20-56-38/h6-13,18,20,24-26,31-32,34,37,40-41H,4-5,14-17,19,21-23H2,1-3H3,(H,46,52)(H,48,49)/t26-,31?,32?,34+,37+,40-,41+/m1/s1. The fourth-order valence-electron chi connectivity index (χ4n) is 9.54. The largest absolute Gasteiger partial charge is 0.469 e. The fraction of sp³-hybridized carbons (Fsp3) is 0.455. The summed E-state index contributed by atoms with van der Waals surface area (Å²) in [6.07, 6.45) is 11.9. The van der Waals surface area contributed by atoms with Gasteiger partial charge in [-0.3, -0.25) is 19.4 Å². The Hall–Kier alpha value is -4.94. The van der Waals surface area contributed by atoms with Crippen LogP contribution in [-0.2, 0) is 30.3 Å². The van der Waals surface area contributed by atoms with Gasteiger partial charge in [0.2, 0.25) is 11.8 Å². The summed E-state index contributed by atoms with van der Waals surface area (Å²) >= 11 is 1.63. The fourth-order valence-corrected chi connectivity index (χ4v) is 10.2. The van der Waals surface area contributed by atoms with Crippen LogP contribution in [0, 0.1) is 29.6 Å². The van der Waals surface area contributed by atoms with E-state index in [4.69, 9.17) is 19.5 Å². The number of ether oxygens (including phenoxy) is 2. The zero-order chi connectivity index (χ0) is 38.8. The molecule has 2 aromatic carbocycles. The molecular weight excluding hydrogens is 725 g/mol. The molecule has 2 amide bonds. The minimum atomic E-state index is -0.630. The first-order valence-corrected chi connectivity index (χ1v) is 20.8. The van der Waals surface area contributed by atoms with Gasteiger partial charge in [0, 0.05) is 68.4 Å². The topological polar surface area (TPSA) is 139 Å². The number of aromatic amines is 1. The van der Waals surface area contributed by atoms with Gasteiger partial charge in [-0.05, 0) is 78.7 Å². The second kappa shape index (κ2) is 16.7. The number of hydrogen-bond donors (Lipinski definition) is 2. The number of fused-ring (bicyclic) bond motifs is 2. The van der Waals surface area contributed by atoms with Crippen molar-refractivity contribution in [2.45, 2.75) is 70.4 Å². The smallest absolute Gasteiger partial charge is 0.306 e. The summed E-state index contributed by atoms with van der Waals surface area (Å²) < 4.78 is 10.3. The molecule has 0 spiro atoms. The van der Waals surface area contributed by atoms with E-state index in [1.54, 1.807) is 18.4 Å². The molecule has 4 aromatic rings. The molecule has 2 unspecified atom stereocenters. The number of imidazole rings is 1. The van der Waals surface area contributed by atoms with Crippen molar-refractivity contribution >= 4 is 40.4 Å². The van der Waals surface area contributed by atoms with E-state index in [9.17, 15) is 14.4 Å². The summed E-state index contributed by atoms with van der Waals surface area (Å²) in [5.41, 5.74) is 7.66. The minimum absolute atomic E-state index is 0.0129. The first-order chi connectivity index (χ1) is 27.3. The van der Waals surface area contributed by atoms with Crippen LogP contribution in [0.1, 0.15) is 74.3 Å². The van der Waals surface area contributed by atoms with Crippen LogP contribution in [0.5, 0.6) is 0 Å². The molecule has 56 heavy (non-hydrogen) atoms. The third-order valence-electron chi connectivity index (χ3n) is 12.6. The highest BCUT2D eigenvalue weighted by atomic mass is 32.1. The number of hydrogen-bond acceptors (Lipinski definition) is 9. The number of rotatable bonds is 14. The molecule has 12 heteroatoms. The number of H-pyrrole nitrogens is 1. The summed E-state index contributed by atoms with van der Waals surface area (Å²) in [5.74, 6) is 0.978. The van der Waals surface area contributed by atoms with E-state index in [1.807, 2.05) is 35.8 Å². The van der Waals surface area contributed by atoms with Crippen molar-refractivity contribution in [3.05, 3.63) is 88.9 Å². The number of aromatic nitrogens is 3. The average molecular weight is 775 g/mol. The highest BCUT2D eigenvalue weighted by Crippen LogP contribution is 2.54. The SMILES string of the molecule is COC(=O)C[C@H](C(=O)N1CCC[C@H]1c1ncc(-c2ccc(-c3ccc(C4=CN=C([C@H]5C6CCC(C6)[C@@H]5C(=O)NCCc5nccs5)C4)cc3)cc2)[nH]1)[C@@H](C)OC. The number of nitrogens with zero attached hydrogens (tertiary/aromatic N) is 4. The molecule has 0 radical (unpaired) electrons. The normalized spacial score (nSPS) is 23.8. The predicted molar refractivity (Wildman–Crippen MR) is 216 cm³/mol. The van der Waals surface area contributed by atoms with Crippen LogP contribution in [0.2, 0.25) is 0 Å². The van der Waals surface area contributed by atoms with Crippen LogP contribution in [0.4, 0.5) is 0 Å². The lowest BCUT2D eigenvalue weighted by molar-refractivity contribution is -0.151. The number of aliphatic imine (C=N–C) groups is 1. The Morgan fingerprint density at radius 3 is 2.41 bits per heavy atom. The monoisotopic (exact) mass is 774 g/mol. The molecule has 2 bridgehead atoms. The number of nitrogens with one attached hydrogen (secondary N) is 2. The molecule has 2 saturated carbocycles. The minimum Gasteiger partial charge on any atom is -0.469 e. The maximum Gasteiger partial charge on any atom is 0.306 e. The third kappa shape index (κ3) is 7.73. The Labute approximate surface area is 332 Å². The molecule has 2 N–H and O–H groups in total. The van der Waals surface area contributed by atoms with Crippen LogP contribution in [-0.4, -0.2) is 76.8 Å². The first-order valence-electron chi connectivity index (χ1n) is 19.9. The Morgan fingerprint density at radius 2 is 1.70 bits per heavy atom. The van der Waals surface area contributed by atoms with Crippen LogP contribution >= 0.6 is 11.3 Å². The number of esters is 1. The molecule has 4 heterocycles. The van der Waals surface area contributed by atoms with E-state index in [-0.39, 0.29) is 36.1 Å². The quantitative estimate of drug-likeness (QED) is 0.128. The lowest BCUT2D eigenvalue weighted by Gasteiger charge is -2.30. The van der Waals surface area contributed by atoms with Gasteiger partial charge in [0.05, 0.1) is 48.5 Å². The van der Waals surface area contributed by atoms with E-state index in [2.05, 4.69) is 63.8 Å². The van der Waals surface area contributed by atoms with Gasteiger partial charge in [-0.2, -0.15) is 0 Å². The number of carbonyl (C=O) groups excluding carboxylic acids is 3. The van der Waals surface area contributed by atoms with Crippen molar-refractivity contribution in [1.29, 1.82) is 0 Å². The van der Waals surface area contributed by atoms with Gasteiger partial charge in [0.15, 0.2) is 0 Å². The predicted octanol–water partition coefficient (Wildman–Crippen LogP) is 7.28. The van der Waals surface area contributed by atoms with Gasteiger partial charge in [-0.1, -0.05) is 48.5 Å². The lowest BCUT2D eigenvalue weighted by atomic mass is 9.75. The Morgan fingerprint density at radius 1 is 0.964 bits per heavy atom. The molecular formula is C44H50N6O5S. The highest BCUT2D eigenvalue weighted by Gasteiger charge is 2.52. The molecule has 2 aliphatic heterocycles. The van der Waals surface area contributed by atoms with Crippen LogP contribution in [0.25, 0.3) is 28.0 Å². The molecule has 11 nitrogen and oxygen atoms in total. The maximum absolute atomic E-state index is 13.7. The summed E-state index contributed by atoms with van der Waals surface area (Å²) in [6.45, 7) is 3.04. The number of carbonyl (C=O) groups is 3. The van der Waals surface area contributed by atoms with E-state index in [0.717, 1.165) is 77.3 Å². The van der Waals surface area contributed by atoms with Crippen molar-refractivity contribution in [3.63, 3.8) is 0 Å². The van der Waals surface area contributed by atoms with E-state index < -0.39 is 18.0 Å². The van der Waals surface area contributed by atoms with Gasteiger partial charge < -0.3 is 24.7 Å². The summed E-state index contributed by atoms with van der Waals surface area (Å²) in [5, 5.41) is 6.27. The Balaban J connectivity index is 0.882. The number of allylic oxidation sites excluding steroid dienone is 1. The Kier molecular flexibility index (Phi) is 11.3. The average Bonchev–Trinajstić information content (AvgIpc) is 4.09. The molecule has 2 aliphatic carbocycles. The first kappa shape index (κ1) is 38.0. The lowest BCUT2D eigenvalue weighted by Crippen LogP contribution is -2.41. The maximum atomic E-state index is 13.7. The van der Waals surface area contributed by atoms with Crippen molar-refractivity contribution in [2.75, 3.05) is 27.3 Å². The van der Waals surface area contributed by atoms with Crippen molar-refractivity contribution in [1.82, 2.24) is 25.2 Å². The molecule has 3 fully saturated rings. The Bertz CT molecular complexity index is 2090. The summed E-state index contributed by atoms with van der Waals surface area (Å²) in [6, 6.07) is 16.9. The second-order valence-electron chi connectivity index (χ2n) is 15.7. The molecule has 292 valence electrons. The van der Waals surface area contributed by atoms with Crippen molar-refractivity contribution < 1.29 is 23.9 Å². The number of methoxy groups -OCH3 is 2. The molecule has 2 aromatic heterocycles. The highest BCUT2D eigenvalue weighted by molar-refractivity contribution is 7.09. The number of likely N-dealkylation sites (tertiary alicyclic amines) is 1. The van der Waals surface area contributed by atoms with Gasteiger partial charge >= 0.3 is 5.97 Å². The van der Waals surface area contributed by atoms with Crippen molar-refractivity contribution in [3.8, 4) is 22.4 Å². The summed E-state index contributed by atoms with van der Waals surface area (Å²) in [4.78, 5) is 58.6. The van der Waals surface area contributed by atoms with E-state index in [1.165, 1.54) is 24.8 Å². The van der Waals surface area contributed by atoms with E-state index in [0.29, 0.717) is 24.9 Å². The molecule has 4 aliphatic rings. The third-order valence-corrected chi connectivity index (χ3v) is 13.4. The zero-order valence-electron chi connectivity index (χ0n) is 32.3. The van der Waals surface area contributed by atoms with Crippen LogP contribution in [0.15, 0.2) is 77.5 Å². The number of amides is 2. The molecule has 7 atom stereocenters. The second-order valence-corrected chi connectivity index (χ2v) is 16.6. The van der Waals surface area contributed by atoms with Gasteiger partial charge in [0.1, 0.15) is 5.82 Å². The van der Waals surface area contributed by atoms with Gasteiger partial charge in [0.25, 0.3) is 0 Å².